The van der Waals surface area contributed by atoms with Crippen LogP contribution >= 0.6 is 0 Å². The number of aryl methyl sites for hydroxylation is 3. The van der Waals surface area contributed by atoms with Gasteiger partial charge in [0.2, 0.25) is 0 Å². The van der Waals surface area contributed by atoms with Crippen LogP contribution in [0.25, 0.3) is 11.3 Å². The number of nitrogens with one attached hydrogen (secondary N) is 1. The molecule has 4 rings (SSSR count). The summed E-state index contributed by atoms with van der Waals surface area (Å²) in [5, 5.41) is 11.9. The summed E-state index contributed by atoms with van der Waals surface area (Å²) in [4.78, 5) is 14.7. The third-order valence-corrected chi connectivity index (χ3v) is 6.17. The van der Waals surface area contributed by atoms with E-state index in [9.17, 15) is 9.18 Å². The molecule has 0 aliphatic heterocycles. The Kier molecular flexibility index (Phi) is 7.75. The second-order valence-corrected chi connectivity index (χ2v) is 9.11. The van der Waals surface area contributed by atoms with Gasteiger partial charge < -0.3 is 4.90 Å². The van der Waals surface area contributed by atoms with E-state index in [1.54, 1.807) is 17.0 Å². The van der Waals surface area contributed by atoms with E-state index in [1.165, 1.54) is 12.1 Å². The topological polar surface area (TPSA) is 66.8 Å². The highest BCUT2D eigenvalue weighted by Gasteiger charge is 2.13. The maximum absolute atomic E-state index is 13.1. The Morgan fingerprint density at radius 2 is 1.83 bits per heavy atom. The number of hydrogen-bond donors (Lipinski definition) is 1. The molecule has 0 spiro atoms. The first-order chi connectivity index (χ1) is 16.9. The van der Waals surface area contributed by atoms with Crippen LogP contribution in [0.2, 0.25) is 0 Å². The highest BCUT2D eigenvalue weighted by molar-refractivity contribution is 5.94. The molecule has 182 valence electrons. The van der Waals surface area contributed by atoms with Crippen LogP contribution in [0.4, 0.5) is 4.39 Å². The van der Waals surface area contributed by atoms with Crippen molar-refractivity contribution >= 4 is 5.91 Å². The third kappa shape index (κ3) is 6.44. The van der Waals surface area contributed by atoms with E-state index in [-0.39, 0.29) is 11.7 Å². The molecule has 6 nitrogen and oxygen atoms in total. The fourth-order valence-corrected chi connectivity index (χ4v) is 4.23. The fourth-order valence-electron chi connectivity index (χ4n) is 4.23. The number of halogens is 1. The number of rotatable bonds is 10. The predicted molar refractivity (Wildman–Crippen MR) is 136 cm³/mol. The summed E-state index contributed by atoms with van der Waals surface area (Å²) in [5.41, 5.74) is 6.66. The molecule has 0 bridgehead atoms. The van der Waals surface area contributed by atoms with Gasteiger partial charge >= 0.3 is 0 Å². The van der Waals surface area contributed by atoms with Gasteiger partial charge in [-0.2, -0.15) is 10.2 Å². The van der Waals surface area contributed by atoms with Gasteiger partial charge in [-0.15, -0.1) is 0 Å². The van der Waals surface area contributed by atoms with Crippen molar-refractivity contribution in [2.24, 2.45) is 0 Å². The second kappa shape index (κ2) is 11.1. The molecule has 0 aliphatic carbocycles. The van der Waals surface area contributed by atoms with E-state index in [0.29, 0.717) is 18.7 Å². The lowest BCUT2D eigenvalue weighted by Crippen LogP contribution is -2.27. The Hall–Kier alpha value is -3.74. The normalized spacial score (nSPS) is 11.1. The van der Waals surface area contributed by atoms with E-state index in [0.717, 1.165) is 59.6 Å². The van der Waals surface area contributed by atoms with Crippen molar-refractivity contribution in [2.45, 2.75) is 46.1 Å². The summed E-state index contributed by atoms with van der Waals surface area (Å²) in [7, 11) is 1.86. The lowest BCUT2D eigenvalue weighted by Gasteiger charge is -2.17. The maximum atomic E-state index is 13.1. The van der Waals surface area contributed by atoms with Crippen LogP contribution in [0.3, 0.4) is 0 Å². The molecule has 4 aromatic rings. The maximum Gasteiger partial charge on any atom is 0.253 e. The number of carbonyl (C=O) groups is 1. The van der Waals surface area contributed by atoms with Gasteiger partial charge in [0.05, 0.1) is 17.9 Å². The summed E-state index contributed by atoms with van der Waals surface area (Å²) in [6.45, 7) is 5.39. The van der Waals surface area contributed by atoms with Crippen molar-refractivity contribution in [1.82, 2.24) is 24.9 Å². The van der Waals surface area contributed by atoms with Crippen LogP contribution < -0.4 is 0 Å². The molecule has 2 aromatic heterocycles. The zero-order valence-electron chi connectivity index (χ0n) is 20.6. The van der Waals surface area contributed by atoms with E-state index >= 15 is 0 Å². The van der Waals surface area contributed by atoms with Crippen molar-refractivity contribution in [1.29, 1.82) is 0 Å². The molecular weight excluding hydrogens is 441 g/mol. The summed E-state index contributed by atoms with van der Waals surface area (Å²) >= 11 is 0. The molecule has 0 aliphatic rings. The van der Waals surface area contributed by atoms with Gasteiger partial charge in [-0.25, -0.2) is 4.39 Å². The van der Waals surface area contributed by atoms with Crippen molar-refractivity contribution in [3.05, 3.63) is 94.7 Å². The van der Waals surface area contributed by atoms with Crippen molar-refractivity contribution in [2.75, 3.05) is 13.6 Å². The molecule has 0 atom stereocenters. The average Bonchev–Trinajstić information content (AvgIpc) is 3.44. The van der Waals surface area contributed by atoms with Gasteiger partial charge in [-0.3, -0.25) is 14.6 Å². The average molecular weight is 474 g/mol. The van der Waals surface area contributed by atoms with Crippen LogP contribution in [-0.4, -0.2) is 44.4 Å². The number of H-pyrrole nitrogens is 1. The SMILES string of the molecule is Cc1cc(C)n(Cc2cccc(C(=O)N(C)CCCCCc3cc(-c4ccc(F)cc4)n[nH]3)c2)n1. The molecule has 0 saturated heterocycles. The molecule has 1 amide bonds. The number of nitrogens with zero attached hydrogens (tertiary/aromatic N) is 4. The summed E-state index contributed by atoms with van der Waals surface area (Å²) < 4.78 is 15.1. The Labute approximate surface area is 205 Å². The summed E-state index contributed by atoms with van der Waals surface area (Å²) in [6.07, 6.45) is 3.85. The van der Waals surface area contributed by atoms with Crippen LogP contribution in [0, 0.1) is 19.7 Å². The highest BCUT2D eigenvalue weighted by Crippen LogP contribution is 2.19. The zero-order valence-corrected chi connectivity index (χ0v) is 20.6. The Bertz CT molecular complexity index is 1270. The van der Waals surface area contributed by atoms with Gasteiger partial charge in [-0.1, -0.05) is 18.6 Å². The summed E-state index contributed by atoms with van der Waals surface area (Å²) in [5.74, 6) is -0.210. The molecule has 35 heavy (non-hydrogen) atoms. The quantitative estimate of drug-likeness (QED) is 0.307. The van der Waals surface area contributed by atoms with Gasteiger partial charge in [0, 0.05) is 36.1 Å². The molecular formula is C28H32FN5O. The number of aromatic nitrogens is 4. The van der Waals surface area contributed by atoms with Crippen LogP contribution in [0.15, 0.2) is 60.7 Å². The van der Waals surface area contributed by atoms with E-state index in [1.807, 2.05) is 55.9 Å². The molecule has 0 saturated carbocycles. The predicted octanol–water partition coefficient (Wildman–Crippen LogP) is 5.56. The molecule has 1 N–H and O–H groups in total. The Morgan fingerprint density at radius 3 is 2.57 bits per heavy atom. The fraction of sp³-hybridized carbons (Fsp3) is 0.321. The standard InChI is InChI=1S/C28H32FN5O/c1-20-16-21(2)34(32-20)19-22-8-7-9-24(17-22)28(35)33(3)15-6-4-5-10-26-18-27(31-30-26)23-11-13-25(29)14-12-23/h7-9,11-14,16-18H,4-6,10,15,19H2,1-3H3,(H,30,31). The minimum atomic E-state index is -0.250. The number of benzene rings is 2. The highest BCUT2D eigenvalue weighted by atomic mass is 19.1. The number of amides is 1. The smallest absolute Gasteiger partial charge is 0.253 e. The first kappa shape index (κ1) is 24.4. The van der Waals surface area contributed by atoms with Gasteiger partial charge in [0.1, 0.15) is 5.82 Å². The third-order valence-electron chi connectivity index (χ3n) is 6.17. The lowest BCUT2D eigenvalue weighted by atomic mass is 10.1. The minimum Gasteiger partial charge on any atom is -0.342 e. The van der Waals surface area contributed by atoms with Gasteiger partial charge in [0.15, 0.2) is 0 Å². The van der Waals surface area contributed by atoms with Crippen LogP contribution in [0.5, 0.6) is 0 Å². The lowest BCUT2D eigenvalue weighted by molar-refractivity contribution is 0.0792. The van der Waals surface area contributed by atoms with E-state index in [4.69, 9.17) is 0 Å². The van der Waals surface area contributed by atoms with E-state index < -0.39 is 0 Å². The van der Waals surface area contributed by atoms with Crippen molar-refractivity contribution < 1.29 is 9.18 Å². The molecule has 0 radical (unpaired) electrons. The molecule has 2 heterocycles. The molecule has 2 aromatic carbocycles. The van der Waals surface area contributed by atoms with Gasteiger partial charge in [-0.05, 0) is 87.2 Å². The number of hydrogen-bond acceptors (Lipinski definition) is 3. The molecule has 0 fully saturated rings. The summed E-state index contributed by atoms with van der Waals surface area (Å²) in [6, 6.07) is 18.2. The zero-order chi connectivity index (χ0) is 24.8. The number of carbonyl (C=O) groups excluding carboxylic acids is 1. The van der Waals surface area contributed by atoms with Crippen molar-refractivity contribution in [3.8, 4) is 11.3 Å². The monoisotopic (exact) mass is 473 g/mol. The van der Waals surface area contributed by atoms with Crippen molar-refractivity contribution in [3.63, 3.8) is 0 Å². The first-order valence-electron chi connectivity index (χ1n) is 12.0. The Balaban J connectivity index is 1.22. The molecule has 0 unspecified atom stereocenters. The number of unbranched alkanes of at least 4 members (excludes halogenated alkanes) is 2. The van der Waals surface area contributed by atoms with Crippen LogP contribution in [0.1, 0.15) is 52.3 Å². The minimum absolute atomic E-state index is 0.0396. The molecule has 7 heteroatoms. The van der Waals surface area contributed by atoms with Crippen LogP contribution in [-0.2, 0) is 13.0 Å². The Morgan fingerprint density at radius 1 is 1.03 bits per heavy atom. The largest absolute Gasteiger partial charge is 0.342 e. The second-order valence-electron chi connectivity index (χ2n) is 9.11. The number of aromatic amines is 1. The van der Waals surface area contributed by atoms with E-state index in [2.05, 4.69) is 21.4 Å². The first-order valence-corrected chi connectivity index (χ1v) is 12.0. The van der Waals surface area contributed by atoms with Gasteiger partial charge in [0.25, 0.3) is 5.91 Å².